The molecule has 0 N–H and O–H groups in total. The summed E-state index contributed by atoms with van der Waals surface area (Å²) in [4.78, 5) is 7.80. The van der Waals surface area contributed by atoms with Crippen LogP contribution in [0.1, 0.15) is 60.1 Å². The third-order valence-electron chi connectivity index (χ3n) is 11.9. The number of pyridine rings is 1. The van der Waals surface area contributed by atoms with Gasteiger partial charge in [0.15, 0.2) is 0 Å². The van der Waals surface area contributed by atoms with Gasteiger partial charge in [-0.1, -0.05) is 129 Å². The highest BCUT2D eigenvalue weighted by atomic mass is 15.1. The molecule has 0 aliphatic heterocycles. The third-order valence-corrected chi connectivity index (χ3v) is 11.9. The van der Waals surface area contributed by atoms with E-state index >= 15 is 0 Å². The number of nitrogens with zero attached hydrogens (tertiary/aromatic N) is 2. The first-order chi connectivity index (χ1) is 25.6. The zero-order valence-corrected chi connectivity index (χ0v) is 30.0. The summed E-state index contributed by atoms with van der Waals surface area (Å²) in [6.45, 7) is 4.81. The van der Waals surface area contributed by atoms with Gasteiger partial charge in [0.1, 0.15) is 0 Å². The van der Waals surface area contributed by atoms with E-state index in [2.05, 4.69) is 164 Å². The van der Waals surface area contributed by atoms with Crippen LogP contribution in [0.5, 0.6) is 0 Å². The van der Waals surface area contributed by atoms with E-state index in [0.29, 0.717) is 0 Å². The van der Waals surface area contributed by atoms with Gasteiger partial charge in [0.05, 0.1) is 22.8 Å². The van der Waals surface area contributed by atoms with Crippen molar-refractivity contribution in [2.75, 3.05) is 4.90 Å². The van der Waals surface area contributed by atoms with Crippen molar-refractivity contribution >= 4 is 17.1 Å². The summed E-state index contributed by atoms with van der Waals surface area (Å²) in [5.41, 5.74) is 22.3. The maximum absolute atomic E-state index is 5.29. The fourth-order valence-corrected chi connectivity index (χ4v) is 9.54. The van der Waals surface area contributed by atoms with Crippen LogP contribution in [0.3, 0.4) is 0 Å². The highest BCUT2D eigenvalue weighted by Gasteiger charge is 2.39. The summed E-state index contributed by atoms with van der Waals surface area (Å²) in [5.74, 6) is 0. The maximum Gasteiger partial charge on any atom is 0.0730 e. The van der Waals surface area contributed by atoms with Crippen molar-refractivity contribution < 1.29 is 0 Å². The first-order valence-electron chi connectivity index (χ1n) is 19.0. The molecule has 0 radical (unpaired) electrons. The molecule has 10 rings (SSSR count). The average molecular weight is 671 g/mol. The van der Waals surface area contributed by atoms with Crippen LogP contribution >= 0.6 is 0 Å². The second-order valence-electron chi connectivity index (χ2n) is 15.3. The fourth-order valence-electron chi connectivity index (χ4n) is 9.54. The Hall–Kier alpha value is -5.73. The van der Waals surface area contributed by atoms with Crippen molar-refractivity contribution in [2.24, 2.45) is 0 Å². The van der Waals surface area contributed by atoms with Gasteiger partial charge in [-0.15, -0.1) is 0 Å². The quantitative estimate of drug-likeness (QED) is 0.175. The van der Waals surface area contributed by atoms with Gasteiger partial charge >= 0.3 is 0 Å². The van der Waals surface area contributed by atoms with Gasteiger partial charge in [-0.3, -0.25) is 0 Å². The molecule has 2 heteroatoms. The molecule has 3 aliphatic rings. The Morgan fingerprint density at radius 2 is 1.08 bits per heavy atom. The Morgan fingerprint density at radius 3 is 1.79 bits per heavy atom. The number of rotatable bonds is 6. The molecular formula is C50H42N2. The number of hydrogen-bond acceptors (Lipinski definition) is 2. The molecule has 0 bridgehead atoms. The molecule has 0 unspecified atom stereocenters. The number of hydrogen-bond donors (Lipinski definition) is 0. The van der Waals surface area contributed by atoms with Gasteiger partial charge in [0.2, 0.25) is 0 Å². The van der Waals surface area contributed by atoms with Crippen molar-refractivity contribution in [3.8, 4) is 44.8 Å². The second-order valence-corrected chi connectivity index (χ2v) is 15.3. The smallest absolute Gasteiger partial charge is 0.0730 e. The molecule has 0 fully saturated rings. The van der Waals surface area contributed by atoms with Gasteiger partial charge < -0.3 is 4.90 Å². The number of para-hydroxylation sites is 1. The van der Waals surface area contributed by atoms with Gasteiger partial charge in [0.25, 0.3) is 0 Å². The first-order valence-corrected chi connectivity index (χ1v) is 19.0. The third kappa shape index (κ3) is 4.88. The largest absolute Gasteiger partial charge is 0.310 e. The van der Waals surface area contributed by atoms with Crippen molar-refractivity contribution in [2.45, 2.75) is 57.8 Å². The Bertz CT molecular complexity index is 2420. The van der Waals surface area contributed by atoms with Crippen molar-refractivity contribution in [1.29, 1.82) is 0 Å². The van der Waals surface area contributed by atoms with Crippen LogP contribution in [0.2, 0.25) is 0 Å². The predicted molar refractivity (Wildman–Crippen MR) is 217 cm³/mol. The van der Waals surface area contributed by atoms with E-state index in [1.54, 1.807) is 22.3 Å². The second kappa shape index (κ2) is 12.2. The van der Waals surface area contributed by atoms with E-state index in [-0.39, 0.29) is 5.41 Å². The van der Waals surface area contributed by atoms with Crippen molar-refractivity contribution in [1.82, 2.24) is 4.98 Å². The molecule has 1 aromatic heterocycles. The minimum Gasteiger partial charge on any atom is -0.310 e. The zero-order chi connectivity index (χ0) is 34.8. The zero-order valence-electron chi connectivity index (χ0n) is 30.0. The standard InChI is InChI=1S/C50H42N2/c1-50(2)43-27-13-12-23-41(43)48-44(50)28-29-47(49(48)42-30-35-20-14-24-38(35)39-25-15-26-40(39)42)52(36-21-10-5-11-22-36)37-31-45(33-16-6-3-7-17-33)51-46(32-37)34-18-8-4-9-19-34/h3-13,16-19,21-23,27-32H,14-15,20,24-26H2,1-2H3. The summed E-state index contributed by atoms with van der Waals surface area (Å²) < 4.78 is 0. The van der Waals surface area contributed by atoms with Crippen LogP contribution in [-0.4, -0.2) is 4.98 Å². The van der Waals surface area contributed by atoms with Crippen LogP contribution in [0.4, 0.5) is 17.1 Å². The number of benzene rings is 6. The SMILES string of the molecule is CC1(C)c2ccccc2-c2c1ccc(N(c1ccccc1)c1cc(-c3ccccc3)nc(-c3ccccc3)c1)c2-c1cc2c(c3c1CCC3)CCC2. The van der Waals surface area contributed by atoms with Crippen LogP contribution in [0.15, 0.2) is 146 Å². The monoisotopic (exact) mass is 670 g/mol. The van der Waals surface area contributed by atoms with Crippen molar-refractivity contribution in [3.63, 3.8) is 0 Å². The number of aromatic nitrogens is 1. The topological polar surface area (TPSA) is 16.1 Å². The molecule has 0 amide bonds. The lowest BCUT2D eigenvalue weighted by atomic mass is 9.80. The molecule has 0 atom stereocenters. The van der Waals surface area contributed by atoms with Gasteiger partial charge in [-0.05, 0) is 119 Å². The van der Waals surface area contributed by atoms with Crippen LogP contribution in [-0.2, 0) is 31.1 Å². The molecule has 52 heavy (non-hydrogen) atoms. The molecule has 6 aromatic carbocycles. The van der Waals surface area contributed by atoms with E-state index in [1.165, 1.54) is 71.2 Å². The van der Waals surface area contributed by atoms with Crippen LogP contribution < -0.4 is 4.90 Å². The Kier molecular flexibility index (Phi) is 7.28. The molecule has 1 heterocycles. The van der Waals surface area contributed by atoms with E-state index < -0.39 is 0 Å². The summed E-state index contributed by atoms with van der Waals surface area (Å²) in [7, 11) is 0. The summed E-state index contributed by atoms with van der Waals surface area (Å²) in [5, 5.41) is 0. The van der Waals surface area contributed by atoms with E-state index in [0.717, 1.165) is 40.3 Å². The molecule has 0 saturated heterocycles. The van der Waals surface area contributed by atoms with E-state index in [4.69, 9.17) is 4.98 Å². The number of anilines is 3. The van der Waals surface area contributed by atoms with E-state index in [9.17, 15) is 0 Å². The summed E-state index contributed by atoms with van der Waals surface area (Å²) in [6, 6.07) is 53.4. The predicted octanol–water partition coefficient (Wildman–Crippen LogP) is 12.8. The van der Waals surface area contributed by atoms with Crippen molar-refractivity contribution in [3.05, 3.63) is 179 Å². The Morgan fingerprint density at radius 1 is 0.481 bits per heavy atom. The Balaban J connectivity index is 1.32. The minimum atomic E-state index is -0.103. The highest BCUT2D eigenvalue weighted by molar-refractivity contribution is 6.03. The normalized spacial score (nSPS) is 14.8. The van der Waals surface area contributed by atoms with Crippen LogP contribution in [0.25, 0.3) is 44.8 Å². The molecule has 0 spiro atoms. The maximum atomic E-state index is 5.29. The molecule has 0 saturated carbocycles. The lowest BCUT2D eigenvalue weighted by molar-refractivity contribution is 0.660. The minimum absolute atomic E-state index is 0.103. The summed E-state index contributed by atoms with van der Waals surface area (Å²) in [6.07, 6.45) is 7.24. The van der Waals surface area contributed by atoms with E-state index in [1.807, 2.05) is 0 Å². The van der Waals surface area contributed by atoms with Gasteiger partial charge in [-0.25, -0.2) is 4.98 Å². The molecule has 3 aliphatic carbocycles. The molecule has 2 nitrogen and oxygen atoms in total. The highest BCUT2D eigenvalue weighted by Crippen LogP contribution is 2.57. The van der Waals surface area contributed by atoms with Crippen LogP contribution in [0, 0.1) is 0 Å². The lowest BCUT2D eigenvalue weighted by Gasteiger charge is -2.31. The van der Waals surface area contributed by atoms with Gasteiger partial charge in [0, 0.05) is 27.8 Å². The lowest BCUT2D eigenvalue weighted by Crippen LogP contribution is -2.16. The first kappa shape index (κ1) is 31.0. The molecular weight excluding hydrogens is 629 g/mol. The Labute approximate surface area is 307 Å². The number of fused-ring (bicyclic) bond motifs is 6. The fraction of sp³-hybridized carbons (Fsp3) is 0.180. The average Bonchev–Trinajstić information content (AvgIpc) is 3.93. The molecule has 7 aromatic rings. The number of aryl methyl sites for hydroxylation is 1. The van der Waals surface area contributed by atoms with Gasteiger partial charge in [-0.2, -0.15) is 0 Å². The molecule has 252 valence electrons. The summed E-state index contributed by atoms with van der Waals surface area (Å²) >= 11 is 0.